The Balaban J connectivity index is 1.71. The maximum absolute atomic E-state index is 11.7. The van der Waals surface area contributed by atoms with E-state index in [1.807, 2.05) is 0 Å². The maximum atomic E-state index is 11.7. The van der Waals surface area contributed by atoms with Gasteiger partial charge in [0.15, 0.2) is 0 Å². The third kappa shape index (κ3) is 2.69. The van der Waals surface area contributed by atoms with Crippen LogP contribution in [0, 0.1) is 5.41 Å². The van der Waals surface area contributed by atoms with Crippen LogP contribution in [0.15, 0.2) is 0 Å². The lowest BCUT2D eigenvalue weighted by molar-refractivity contribution is -0.139. The van der Waals surface area contributed by atoms with Crippen molar-refractivity contribution in [1.82, 2.24) is 5.32 Å². The third-order valence-electron chi connectivity index (χ3n) is 3.06. The maximum Gasteiger partial charge on any atom is 0.249 e. The monoisotopic (exact) mass is 213 g/mol. The minimum Gasteiger partial charge on any atom is -0.380 e. The SMILES string of the molecule is CC1(CNC(=O)C2CCCCO2)COC1. The summed E-state index contributed by atoms with van der Waals surface area (Å²) in [6.07, 6.45) is 2.82. The zero-order chi connectivity index (χ0) is 10.7. The smallest absolute Gasteiger partial charge is 0.249 e. The second-order valence-electron chi connectivity index (χ2n) is 4.88. The summed E-state index contributed by atoms with van der Waals surface area (Å²) in [6, 6.07) is 0. The first-order valence-corrected chi connectivity index (χ1v) is 5.67. The molecule has 2 aliphatic rings. The molecule has 86 valence electrons. The zero-order valence-electron chi connectivity index (χ0n) is 9.25. The molecule has 1 unspecified atom stereocenters. The molecule has 0 bridgehead atoms. The number of rotatable bonds is 3. The number of amides is 1. The van der Waals surface area contributed by atoms with Crippen molar-refractivity contribution in [2.45, 2.75) is 32.3 Å². The minimum absolute atomic E-state index is 0.0443. The number of nitrogens with one attached hydrogen (secondary N) is 1. The summed E-state index contributed by atoms with van der Waals surface area (Å²) in [5.41, 5.74) is 0.143. The van der Waals surface area contributed by atoms with Crippen molar-refractivity contribution in [3.8, 4) is 0 Å². The molecule has 2 saturated heterocycles. The molecular weight excluding hydrogens is 194 g/mol. The summed E-state index contributed by atoms with van der Waals surface area (Å²) >= 11 is 0. The average Bonchev–Trinajstić information content (AvgIpc) is 2.24. The molecule has 2 rings (SSSR count). The second-order valence-corrected chi connectivity index (χ2v) is 4.88. The first-order valence-electron chi connectivity index (χ1n) is 5.67. The Labute approximate surface area is 90.3 Å². The predicted molar refractivity (Wildman–Crippen MR) is 55.5 cm³/mol. The quantitative estimate of drug-likeness (QED) is 0.751. The summed E-state index contributed by atoms with van der Waals surface area (Å²) in [5, 5.41) is 2.95. The van der Waals surface area contributed by atoms with Crippen LogP contribution >= 0.6 is 0 Å². The van der Waals surface area contributed by atoms with E-state index in [4.69, 9.17) is 9.47 Å². The Morgan fingerprint density at radius 1 is 1.47 bits per heavy atom. The fraction of sp³-hybridized carbons (Fsp3) is 0.909. The topological polar surface area (TPSA) is 47.6 Å². The molecule has 0 aliphatic carbocycles. The third-order valence-corrected chi connectivity index (χ3v) is 3.06. The van der Waals surface area contributed by atoms with Gasteiger partial charge in [-0.25, -0.2) is 0 Å². The lowest BCUT2D eigenvalue weighted by Gasteiger charge is -2.38. The van der Waals surface area contributed by atoms with E-state index in [0.29, 0.717) is 6.54 Å². The Morgan fingerprint density at radius 3 is 2.80 bits per heavy atom. The molecule has 2 aliphatic heterocycles. The normalized spacial score (nSPS) is 29.3. The van der Waals surface area contributed by atoms with Crippen LogP contribution in [0.4, 0.5) is 0 Å². The van der Waals surface area contributed by atoms with E-state index < -0.39 is 0 Å². The largest absolute Gasteiger partial charge is 0.380 e. The Kier molecular flexibility index (Phi) is 3.26. The van der Waals surface area contributed by atoms with Crippen molar-refractivity contribution in [3.63, 3.8) is 0 Å². The Hall–Kier alpha value is -0.610. The van der Waals surface area contributed by atoms with Crippen molar-refractivity contribution in [3.05, 3.63) is 0 Å². The Morgan fingerprint density at radius 2 is 2.27 bits per heavy atom. The van der Waals surface area contributed by atoms with Crippen molar-refractivity contribution in [2.75, 3.05) is 26.4 Å². The van der Waals surface area contributed by atoms with Gasteiger partial charge < -0.3 is 14.8 Å². The minimum atomic E-state index is -0.219. The average molecular weight is 213 g/mol. The summed E-state index contributed by atoms with van der Waals surface area (Å²) in [4.78, 5) is 11.7. The van der Waals surface area contributed by atoms with E-state index in [9.17, 15) is 4.79 Å². The molecule has 0 saturated carbocycles. The van der Waals surface area contributed by atoms with E-state index in [1.165, 1.54) is 0 Å². The van der Waals surface area contributed by atoms with Gasteiger partial charge in [0, 0.05) is 18.6 Å². The predicted octanol–water partition coefficient (Wildman–Crippen LogP) is 0.708. The van der Waals surface area contributed by atoms with Gasteiger partial charge in [-0.05, 0) is 19.3 Å². The number of carbonyl (C=O) groups is 1. The van der Waals surface area contributed by atoms with Gasteiger partial charge in [0.1, 0.15) is 6.10 Å². The van der Waals surface area contributed by atoms with Crippen LogP contribution in [0.5, 0.6) is 0 Å². The highest BCUT2D eigenvalue weighted by atomic mass is 16.5. The first-order chi connectivity index (χ1) is 7.20. The fourth-order valence-electron chi connectivity index (χ4n) is 1.91. The number of hydrogen-bond acceptors (Lipinski definition) is 3. The van der Waals surface area contributed by atoms with Crippen LogP contribution in [0.3, 0.4) is 0 Å². The highest BCUT2D eigenvalue weighted by molar-refractivity contribution is 5.80. The lowest BCUT2D eigenvalue weighted by atomic mass is 9.88. The van der Waals surface area contributed by atoms with Gasteiger partial charge >= 0.3 is 0 Å². The van der Waals surface area contributed by atoms with E-state index in [2.05, 4.69) is 12.2 Å². The molecular formula is C11H19NO3. The molecule has 0 aromatic heterocycles. The van der Waals surface area contributed by atoms with Gasteiger partial charge in [-0.2, -0.15) is 0 Å². The zero-order valence-corrected chi connectivity index (χ0v) is 9.25. The molecule has 1 amide bonds. The van der Waals surface area contributed by atoms with Crippen molar-refractivity contribution in [2.24, 2.45) is 5.41 Å². The van der Waals surface area contributed by atoms with Gasteiger partial charge in [-0.1, -0.05) is 6.92 Å². The molecule has 0 radical (unpaired) electrons. The summed E-state index contributed by atoms with van der Waals surface area (Å²) in [7, 11) is 0. The van der Waals surface area contributed by atoms with E-state index >= 15 is 0 Å². The van der Waals surface area contributed by atoms with Crippen LogP contribution in [-0.2, 0) is 14.3 Å². The van der Waals surface area contributed by atoms with Gasteiger partial charge in [-0.15, -0.1) is 0 Å². The fourth-order valence-corrected chi connectivity index (χ4v) is 1.91. The molecule has 2 heterocycles. The lowest BCUT2D eigenvalue weighted by Crippen LogP contribution is -2.50. The number of hydrogen-bond donors (Lipinski definition) is 1. The van der Waals surface area contributed by atoms with Gasteiger partial charge in [-0.3, -0.25) is 4.79 Å². The summed E-state index contributed by atoms with van der Waals surface area (Å²) in [5.74, 6) is 0.0443. The summed E-state index contributed by atoms with van der Waals surface area (Å²) in [6.45, 7) is 5.04. The van der Waals surface area contributed by atoms with E-state index in [0.717, 1.165) is 39.1 Å². The molecule has 4 heteroatoms. The van der Waals surface area contributed by atoms with Gasteiger partial charge in [0.25, 0.3) is 0 Å². The Bertz CT molecular complexity index is 232. The summed E-state index contributed by atoms with van der Waals surface area (Å²) < 4.78 is 10.5. The van der Waals surface area contributed by atoms with Crippen LogP contribution in [0.25, 0.3) is 0 Å². The highest BCUT2D eigenvalue weighted by Crippen LogP contribution is 2.25. The van der Waals surface area contributed by atoms with Crippen LogP contribution in [0.2, 0.25) is 0 Å². The van der Waals surface area contributed by atoms with Crippen molar-refractivity contribution < 1.29 is 14.3 Å². The number of carbonyl (C=O) groups excluding carboxylic acids is 1. The molecule has 2 fully saturated rings. The van der Waals surface area contributed by atoms with Crippen LogP contribution < -0.4 is 5.32 Å². The molecule has 4 nitrogen and oxygen atoms in total. The van der Waals surface area contributed by atoms with E-state index in [1.54, 1.807) is 0 Å². The molecule has 1 N–H and O–H groups in total. The molecule has 1 atom stereocenters. The second kappa shape index (κ2) is 4.49. The van der Waals surface area contributed by atoms with Gasteiger partial charge in [0.05, 0.1) is 13.2 Å². The molecule has 0 spiro atoms. The van der Waals surface area contributed by atoms with Crippen molar-refractivity contribution >= 4 is 5.91 Å². The van der Waals surface area contributed by atoms with Gasteiger partial charge in [0.2, 0.25) is 5.91 Å². The molecule has 15 heavy (non-hydrogen) atoms. The van der Waals surface area contributed by atoms with Crippen molar-refractivity contribution in [1.29, 1.82) is 0 Å². The van der Waals surface area contributed by atoms with Crippen LogP contribution in [0.1, 0.15) is 26.2 Å². The highest BCUT2D eigenvalue weighted by Gasteiger charge is 2.34. The molecule has 0 aromatic rings. The standard InChI is InChI=1S/C11H19NO3/c1-11(7-14-8-11)6-12-10(13)9-4-2-3-5-15-9/h9H,2-8H2,1H3,(H,12,13). The first kappa shape index (κ1) is 10.9. The van der Waals surface area contributed by atoms with Crippen LogP contribution in [-0.4, -0.2) is 38.4 Å². The van der Waals surface area contributed by atoms with E-state index in [-0.39, 0.29) is 17.4 Å². The molecule has 0 aromatic carbocycles. The number of ether oxygens (including phenoxy) is 2.